The first-order valence-corrected chi connectivity index (χ1v) is 6.89. The van der Waals surface area contributed by atoms with Gasteiger partial charge < -0.3 is 14.6 Å². The second kappa shape index (κ2) is 5.71. The number of rotatable bonds is 4. The molecule has 1 saturated heterocycles. The molecule has 1 aliphatic rings. The van der Waals surface area contributed by atoms with Gasteiger partial charge in [-0.15, -0.1) is 0 Å². The molecule has 0 aliphatic carbocycles. The van der Waals surface area contributed by atoms with Gasteiger partial charge in [-0.3, -0.25) is 4.79 Å². The first kappa shape index (κ1) is 13.3. The Kier molecular flexibility index (Phi) is 3.61. The van der Waals surface area contributed by atoms with Crippen LogP contribution in [0, 0.1) is 11.3 Å². The van der Waals surface area contributed by atoms with Crippen molar-refractivity contribution in [2.24, 2.45) is 0 Å². The molecule has 1 aromatic carbocycles. The lowest BCUT2D eigenvalue weighted by Crippen LogP contribution is -2.23. The molecule has 0 spiro atoms. The summed E-state index contributed by atoms with van der Waals surface area (Å²) in [7, 11) is 0. The predicted molar refractivity (Wildman–Crippen MR) is 78.8 cm³/mol. The third kappa shape index (κ3) is 2.90. The van der Waals surface area contributed by atoms with Gasteiger partial charge in [0, 0.05) is 24.3 Å². The normalized spacial score (nSPS) is 14.2. The van der Waals surface area contributed by atoms with Gasteiger partial charge in [-0.2, -0.15) is 5.26 Å². The number of nitrogens with one attached hydrogen (secondary N) is 1. The molecule has 2 heterocycles. The molecule has 0 radical (unpaired) electrons. The lowest BCUT2D eigenvalue weighted by Gasteiger charge is -2.16. The van der Waals surface area contributed by atoms with Crippen LogP contribution in [0.15, 0.2) is 40.8 Å². The molecule has 0 unspecified atom stereocenters. The minimum absolute atomic E-state index is 0.190. The van der Waals surface area contributed by atoms with Gasteiger partial charge in [0.25, 0.3) is 0 Å². The van der Waals surface area contributed by atoms with Crippen molar-refractivity contribution in [2.75, 3.05) is 16.8 Å². The van der Waals surface area contributed by atoms with Crippen LogP contribution in [0.25, 0.3) is 0 Å². The van der Waals surface area contributed by atoms with E-state index >= 15 is 0 Å². The van der Waals surface area contributed by atoms with Gasteiger partial charge in [0.1, 0.15) is 11.8 Å². The number of furan rings is 1. The molecule has 5 heteroatoms. The van der Waals surface area contributed by atoms with Crippen molar-refractivity contribution in [3.05, 3.63) is 47.9 Å². The van der Waals surface area contributed by atoms with Gasteiger partial charge >= 0.3 is 0 Å². The average Bonchev–Trinajstić information content (AvgIpc) is 3.14. The second-order valence-electron chi connectivity index (χ2n) is 4.93. The van der Waals surface area contributed by atoms with Crippen LogP contribution >= 0.6 is 0 Å². The number of benzene rings is 1. The highest BCUT2D eigenvalue weighted by Gasteiger charge is 2.21. The first-order valence-electron chi connectivity index (χ1n) is 6.89. The molecule has 2 aromatic rings. The molecule has 1 aromatic heterocycles. The van der Waals surface area contributed by atoms with Crippen molar-refractivity contribution in [2.45, 2.75) is 19.4 Å². The Morgan fingerprint density at radius 3 is 2.67 bits per heavy atom. The third-order valence-electron chi connectivity index (χ3n) is 3.49. The van der Waals surface area contributed by atoms with E-state index in [2.05, 4.69) is 5.32 Å². The predicted octanol–water partition coefficient (Wildman–Crippen LogP) is 2.89. The molecule has 1 N–H and O–H groups in total. The van der Waals surface area contributed by atoms with E-state index in [1.54, 1.807) is 12.1 Å². The zero-order valence-corrected chi connectivity index (χ0v) is 11.5. The van der Waals surface area contributed by atoms with E-state index in [1.807, 2.05) is 35.2 Å². The zero-order chi connectivity index (χ0) is 14.7. The van der Waals surface area contributed by atoms with Crippen LogP contribution in [0.1, 0.15) is 24.4 Å². The number of amides is 1. The van der Waals surface area contributed by atoms with Crippen LogP contribution in [-0.4, -0.2) is 12.5 Å². The van der Waals surface area contributed by atoms with Crippen molar-refractivity contribution < 1.29 is 9.21 Å². The Labute approximate surface area is 122 Å². The summed E-state index contributed by atoms with van der Waals surface area (Å²) in [6.07, 6.45) is 1.57. The molecule has 5 nitrogen and oxygen atoms in total. The van der Waals surface area contributed by atoms with E-state index in [9.17, 15) is 4.79 Å². The van der Waals surface area contributed by atoms with Crippen molar-refractivity contribution in [3.8, 4) is 6.07 Å². The fourth-order valence-corrected chi connectivity index (χ4v) is 2.40. The van der Waals surface area contributed by atoms with Crippen LogP contribution in [0.3, 0.4) is 0 Å². The van der Waals surface area contributed by atoms with Gasteiger partial charge in [0.2, 0.25) is 11.7 Å². The fraction of sp³-hybridized carbons (Fsp3) is 0.250. The Bertz CT molecular complexity index is 682. The Balaban J connectivity index is 1.62. The lowest BCUT2D eigenvalue weighted by atomic mass is 10.2. The van der Waals surface area contributed by atoms with Gasteiger partial charge in [-0.1, -0.05) is 0 Å². The number of carbonyl (C=O) groups excluding carboxylic acids is 1. The van der Waals surface area contributed by atoms with Crippen molar-refractivity contribution in [1.82, 2.24) is 0 Å². The standard InChI is InChI=1S/C16H15N3O2/c17-10-14-7-8-15(21-14)11-18-12-3-5-13(6-4-12)19-9-1-2-16(19)20/h3-8,18H,1-2,9,11H2. The second-order valence-corrected chi connectivity index (χ2v) is 4.93. The summed E-state index contributed by atoms with van der Waals surface area (Å²) >= 11 is 0. The van der Waals surface area contributed by atoms with Crippen LogP contribution < -0.4 is 10.2 Å². The molecule has 0 atom stereocenters. The Morgan fingerprint density at radius 2 is 2.05 bits per heavy atom. The lowest BCUT2D eigenvalue weighted by molar-refractivity contribution is -0.117. The molecule has 1 aliphatic heterocycles. The van der Waals surface area contributed by atoms with Crippen molar-refractivity contribution in [1.29, 1.82) is 5.26 Å². The highest BCUT2D eigenvalue weighted by molar-refractivity contribution is 5.95. The van der Waals surface area contributed by atoms with E-state index in [4.69, 9.17) is 9.68 Å². The summed E-state index contributed by atoms with van der Waals surface area (Å²) in [5.41, 5.74) is 1.88. The molecule has 0 saturated carbocycles. The van der Waals surface area contributed by atoms with Crippen molar-refractivity contribution in [3.63, 3.8) is 0 Å². The number of nitrogens with zero attached hydrogens (tertiary/aromatic N) is 2. The minimum atomic E-state index is 0.190. The van der Waals surface area contributed by atoms with Crippen LogP contribution in [0.5, 0.6) is 0 Å². The maximum Gasteiger partial charge on any atom is 0.227 e. The quantitative estimate of drug-likeness (QED) is 0.935. The SMILES string of the molecule is N#Cc1ccc(CNc2ccc(N3CCCC3=O)cc2)o1. The molecule has 21 heavy (non-hydrogen) atoms. The summed E-state index contributed by atoms with van der Waals surface area (Å²) in [5, 5.41) is 11.9. The van der Waals surface area contributed by atoms with Crippen LogP contribution in [0.4, 0.5) is 11.4 Å². The topological polar surface area (TPSA) is 69.3 Å². The minimum Gasteiger partial charge on any atom is -0.449 e. The maximum atomic E-state index is 11.7. The van der Waals surface area contributed by atoms with E-state index in [0.717, 1.165) is 24.3 Å². The average molecular weight is 281 g/mol. The molecule has 0 bridgehead atoms. The van der Waals surface area contributed by atoms with Gasteiger partial charge in [-0.05, 0) is 42.8 Å². The number of hydrogen-bond acceptors (Lipinski definition) is 4. The summed E-state index contributed by atoms with van der Waals surface area (Å²) in [4.78, 5) is 13.5. The Morgan fingerprint density at radius 1 is 1.24 bits per heavy atom. The smallest absolute Gasteiger partial charge is 0.227 e. The van der Waals surface area contributed by atoms with E-state index in [0.29, 0.717) is 24.5 Å². The molecular weight excluding hydrogens is 266 g/mol. The Hall–Kier alpha value is -2.74. The molecular formula is C16H15N3O2. The summed E-state index contributed by atoms with van der Waals surface area (Å²) in [6, 6.07) is 13.1. The molecule has 1 amide bonds. The number of carbonyl (C=O) groups is 1. The number of hydrogen-bond donors (Lipinski definition) is 1. The maximum absolute atomic E-state index is 11.7. The number of nitriles is 1. The van der Waals surface area contributed by atoms with E-state index in [-0.39, 0.29) is 5.91 Å². The van der Waals surface area contributed by atoms with Crippen LogP contribution in [-0.2, 0) is 11.3 Å². The largest absolute Gasteiger partial charge is 0.449 e. The highest BCUT2D eigenvalue weighted by atomic mass is 16.3. The van der Waals surface area contributed by atoms with Gasteiger partial charge in [0.15, 0.2) is 0 Å². The van der Waals surface area contributed by atoms with Gasteiger partial charge in [-0.25, -0.2) is 0 Å². The molecule has 1 fully saturated rings. The first-order chi connectivity index (χ1) is 10.3. The van der Waals surface area contributed by atoms with E-state index in [1.165, 1.54) is 0 Å². The summed E-state index contributed by atoms with van der Waals surface area (Å²) in [5.74, 6) is 1.22. The molecule has 106 valence electrons. The summed E-state index contributed by atoms with van der Waals surface area (Å²) < 4.78 is 5.30. The number of anilines is 2. The van der Waals surface area contributed by atoms with Gasteiger partial charge in [0.05, 0.1) is 6.54 Å². The van der Waals surface area contributed by atoms with Crippen LogP contribution in [0.2, 0.25) is 0 Å². The zero-order valence-electron chi connectivity index (χ0n) is 11.5. The molecule has 3 rings (SSSR count). The third-order valence-corrected chi connectivity index (χ3v) is 3.49. The fourth-order valence-electron chi connectivity index (χ4n) is 2.40. The van der Waals surface area contributed by atoms with E-state index < -0.39 is 0 Å². The van der Waals surface area contributed by atoms with Crippen molar-refractivity contribution >= 4 is 17.3 Å². The summed E-state index contributed by atoms with van der Waals surface area (Å²) in [6.45, 7) is 1.32. The highest BCUT2D eigenvalue weighted by Crippen LogP contribution is 2.23. The monoisotopic (exact) mass is 281 g/mol.